The summed E-state index contributed by atoms with van der Waals surface area (Å²) in [5, 5.41) is 17.6. The summed E-state index contributed by atoms with van der Waals surface area (Å²) in [7, 11) is 1.59. The van der Waals surface area contributed by atoms with Crippen molar-refractivity contribution in [2.45, 2.75) is 24.9 Å². The van der Waals surface area contributed by atoms with Crippen molar-refractivity contribution in [3.8, 4) is 28.8 Å². The molecule has 0 spiro atoms. The summed E-state index contributed by atoms with van der Waals surface area (Å²) in [6.07, 6.45) is 3.98. The molecule has 3 aromatic rings. The number of nitrogen functional groups attached to an aromatic ring is 1. The quantitative estimate of drug-likeness (QED) is 0.412. The molecule has 2 unspecified atom stereocenters. The average molecular weight is 473 g/mol. The fraction of sp³-hybridized carbons (Fsp3) is 0.346. The summed E-state index contributed by atoms with van der Waals surface area (Å²) in [4.78, 5) is 9.10. The third-order valence-corrected chi connectivity index (χ3v) is 6.46. The molecule has 2 aliphatic rings. The molecule has 0 saturated carbocycles. The molecule has 3 N–H and O–H groups in total. The highest BCUT2D eigenvalue weighted by molar-refractivity contribution is 5.74. The molecule has 4 heterocycles. The SMILES string of the molecule is COCOc1ccccc1-c1cc(N2CC3CCC(C2)N3c2ccnc(C#CCO)c2)c(N)nn1. The van der Waals surface area contributed by atoms with Gasteiger partial charge in [0.15, 0.2) is 12.6 Å². The normalized spacial score (nSPS) is 18.8. The van der Waals surface area contributed by atoms with Crippen molar-refractivity contribution in [1.29, 1.82) is 0 Å². The maximum absolute atomic E-state index is 9.00. The molecule has 0 amide bonds. The summed E-state index contributed by atoms with van der Waals surface area (Å²) >= 11 is 0. The van der Waals surface area contributed by atoms with Gasteiger partial charge in [0.2, 0.25) is 0 Å². The molecule has 1 aromatic carbocycles. The van der Waals surface area contributed by atoms with Crippen molar-refractivity contribution < 1.29 is 14.6 Å². The van der Waals surface area contributed by atoms with Crippen molar-refractivity contribution >= 4 is 17.2 Å². The van der Waals surface area contributed by atoms with Crippen LogP contribution in [0.1, 0.15) is 18.5 Å². The van der Waals surface area contributed by atoms with Gasteiger partial charge in [0.05, 0.1) is 11.4 Å². The largest absolute Gasteiger partial charge is 0.467 e. The maximum Gasteiger partial charge on any atom is 0.188 e. The number of pyridine rings is 1. The lowest BCUT2D eigenvalue weighted by molar-refractivity contribution is 0.0515. The van der Waals surface area contributed by atoms with E-state index < -0.39 is 0 Å². The number of ether oxygens (including phenoxy) is 2. The van der Waals surface area contributed by atoms with Crippen LogP contribution in [0.3, 0.4) is 0 Å². The molecule has 2 aromatic heterocycles. The Morgan fingerprint density at radius 2 is 1.91 bits per heavy atom. The zero-order valence-corrected chi connectivity index (χ0v) is 19.6. The minimum Gasteiger partial charge on any atom is -0.467 e. The van der Waals surface area contributed by atoms with E-state index in [0.717, 1.165) is 42.9 Å². The van der Waals surface area contributed by atoms with Gasteiger partial charge < -0.3 is 30.1 Å². The van der Waals surface area contributed by atoms with Gasteiger partial charge in [-0.1, -0.05) is 18.1 Å². The molecule has 0 radical (unpaired) electrons. The van der Waals surface area contributed by atoms with Crippen molar-refractivity contribution in [2.24, 2.45) is 0 Å². The number of methoxy groups -OCH3 is 1. The van der Waals surface area contributed by atoms with Crippen LogP contribution in [-0.4, -0.2) is 66.0 Å². The number of aromatic nitrogens is 3. The van der Waals surface area contributed by atoms with Crippen molar-refractivity contribution in [1.82, 2.24) is 15.2 Å². The third-order valence-electron chi connectivity index (χ3n) is 6.46. The number of rotatable bonds is 6. The Morgan fingerprint density at radius 3 is 2.69 bits per heavy atom. The standard InChI is InChI=1S/C26H28N6O3/c1-34-17-35-25-7-3-2-6-22(25)23-14-24(26(27)30-29-23)31-15-20-8-9-21(16-31)32(20)19-10-11-28-18(13-19)5-4-12-33/h2-3,6-7,10-11,13-14,20-21,33H,8-9,12,15-17H2,1H3,(H2,27,30). The fourth-order valence-corrected chi connectivity index (χ4v) is 5.00. The van der Waals surface area contributed by atoms with Crippen molar-refractivity contribution in [3.05, 3.63) is 54.4 Å². The number of hydrogen-bond donors (Lipinski definition) is 2. The van der Waals surface area contributed by atoms with Gasteiger partial charge >= 0.3 is 0 Å². The highest BCUT2D eigenvalue weighted by atomic mass is 16.7. The number of aliphatic hydroxyl groups excluding tert-OH is 1. The second-order valence-corrected chi connectivity index (χ2v) is 8.60. The minimum absolute atomic E-state index is 0.153. The van der Waals surface area contributed by atoms with Gasteiger partial charge in [0.1, 0.15) is 18.1 Å². The number of aliphatic hydroxyl groups is 1. The number of benzene rings is 1. The van der Waals surface area contributed by atoms with E-state index in [1.54, 1.807) is 13.3 Å². The van der Waals surface area contributed by atoms with Crippen LogP contribution in [0.4, 0.5) is 17.2 Å². The second kappa shape index (κ2) is 10.2. The number of nitrogens with zero attached hydrogens (tertiary/aromatic N) is 5. The van der Waals surface area contributed by atoms with Gasteiger partial charge in [0.25, 0.3) is 0 Å². The van der Waals surface area contributed by atoms with Crippen molar-refractivity contribution in [2.75, 3.05) is 49.1 Å². The van der Waals surface area contributed by atoms with Crippen LogP contribution in [0.5, 0.6) is 5.75 Å². The van der Waals surface area contributed by atoms with E-state index in [0.29, 0.717) is 35.0 Å². The molecule has 2 fully saturated rings. The topological polar surface area (TPSA) is 110 Å². The molecule has 0 aliphatic carbocycles. The Bertz CT molecular complexity index is 1240. The lowest BCUT2D eigenvalue weighted by atomic mass is 10.1. The Hall–Kier alpha value is -3.87. The molecule has 2 atom stereocenters. The number of fused-ring (bicyclic) bond motifs is 2. The van der Waals surface area contributed by atoms with Crippen LogP contribution in [-0.2, 0) is 4.74 Å². The summed E-state index contributed by atoms with van der Waals surface area (Å²) < 4.78 is 10.8. The molecule has 2 bridgehead atoms. The van der Waals surface area contributed by atoms with Gasteiger partial charge in [-0.2, -0.15) is 0 Å². The first-order valence-electron chi connectivity index (χ1n) is 11.6. The Morgan fingerprint density at radius 1 is 1.11 bits per heavy atom. The number of anilines is 3. The smallest absolute Gasteiger partial charge is 0.188 e. The van der Waals surface area contributed by atoms with Crippen LogP contribution in [0.2, 0.25) is 0 Å². The van der Waals surface area contributed by atoms with Crippen LogP contribution < -0.4 is 20.3 Å². The molecule has 9 heteroatoms. The zero-order chi connectivity index (χ0) is 24.2. The predicted octanol–water partition coefficient (Wildman–Crippen LogP) is 2.30. The second-order valence-electron chi connectivity index (χ2n) is 8.60. The van der Waals surface area contributed by atoms with Gasteiger partial charge in [-0.25, -0.2) is 4.98 Å². The van der Waals surface area contributed by atoms with E-state index in [-0.39, 0.29) is 13.4 Å². The van der Waals surface area contributed by atoms with E-state index in [2.05, 4.69) is 36.8 Å². The summed E-state index contributed by atoms with van der Waals surface area (Å²) in [5.74, 6) is 6.68. The van der Waals surface area contributed by atoms with Gasteiger partial charge in [-0.05, 0) is 49.1 Å². The Labute approximate surface area is 204 Å². The van der Waals surface area contributed by atoms with Crippen LogP contribution in [0.15, 0.2) is 48.7 Å². The van der Waals surface area contributed by atoms with Gasteiger partial charge in [-0.15, -0.1) is 10.2 Å². The Kier molecular flexibility index (Phi) is 6.66. The first-order valence-corrected chi connectivity index (χ1v) is 11.6. The van der Waals surface area contributed by atoms with Gasteiger partial charge in [-0.3, -0.25) is 0 Å². The Balaban J connectivity index is 1.40. The number of piperazine rings is 1. The van der Waals surface area contributed by atoms with E-state index in [1.165, 1.54) is 0 Å². The van der Waals surface area contributed by atoms with Crippen LogP contribution in [0, 0.1) is 11.8 Å². The van der Waals surface area contributed by atoms with Gasteiger partial charge in [0, 0.05) is 49.7 Å². The van der Waals surface area contributed by atoms with E-state index in [9.17, 15) is 0 Å². The van der Waals surface area contributed by atoms with Crippen LogP contribution in [0.25, 0.3) is 11.3 Å². The first-order chi connectivity index (χ1) is 17.2. The van der Waals surface area contributed by atoms with E-state index in [4.69, 9.17) is 20.3 Å². The zero-order valence-electron chi connectivity index (χ0n) is 19.6. The molecule has 180 valence electrons. The van der Waals surface area contributed by atoms with Crippen molar-refractivity contribution in [3.63, 3.8) is 0 Å². The highest BCUT2D eigenvalue weighted by Crippen LogP contribution is 2.39. The molecule has 5 rings (SSSR count). The number of nitrogens with two attached hydrogens (primary N) is 1. The lowest BCUT2D eigenvalue weighted by Gasteiger charge is -2.43. The molecular formula is C26H28N6O3. The number of hydrogen-bond acceptors (Lipinski definition) is 9. The molecule has 2 saturated heterocycles. The summed E-state index contributed by atoms with van der Waals surface area (Å²) in [6.45, 7) is 1.63. The highest BCUT2D eigenvalue weighted by Gasteiger charge is 2.40. The monoisotopic (exact) mass is 472 g/mol. The maximum atomic E-state index is 9.00. The molecule has 9 nitrogen and oxygen atoms in total. The molecular weight excluding hydrogens is 444 g/mol. The lowest BCUT2D eigenvalue weighted by Crippen LogP contribution is -2.54. The third kappa shape index (κ3) is 4.71. The average Bonchev–Trinajstić information content (AvgIpc) is 3.16. The first kappa shape index (κ1) is 22.9. The van der Waals surface area contributed by atoms with E-state index >= 15 is 0 Å². The molecule has 2 aliphatic heterocycles. The predicted molar refractivity (Wildman–Crippen MR) is 134 cm³/mol. The molecule has 35 heavy (non-hydrogen) atoms. The van der Waals surface area contributed by atoms with Crippen LogP contribution >= 0.6 is 0 Å². The van der Waals surface area contributed by atoms with E-state index in [1.807, 2.05) is 42.5 Å². The minimum atomic E-state index is -0.178. The summed E-state index contributed by atoms with van der Waals surface area (Å²) in [5.41, 5.74) is 10.5. The number of para-hydroxylation sites is 1. The fourth-order valence-electron chi connectivity index (χ4n) is 5.00. The summed E-state index contributed by atoms with van der Waals surface area (Å²) in [6, 6.07) is 14.4.